The van der Waals surface area contributed by atoms with Crippen LogP contribution in [0.4, 0.5) is 0 Å². The fourth-order valence-corrected chi connectivity index (χ4v) is 2.98. The van der Waals surface area contributed by atoms with Crippen LogP contribution in [0.5, 0.6) is 17.2 Å². The lowest BCUT2D eigenvalue weighted by atomic mass is 10.2. The van der Waals surface area contributed by atoms with Crippen LogP contribution in [-0.2, 0) is 16.0 Å². The van der Waals surface area contributed by atoms with E-state index in [-0.39, 0.29) is 19.4 Å². The maximum absolute atomic E-state index is 12.2. The van der Waals surface area contributed by atoms with Crippen LogP contribution in [0.25, 0.3) is 11.4 Å². The monoisotopic (exact) mass is 438 g/mol. The average molecular weight is 438 g/mol. The summed E-state index contributed by atoms with van der Waals surface area (Å²) in [6.07, 6.45) is -0.587. The molecule has 0 spiro atoms. The van der Waals surface area contributed by atoms with Crippen LogP contribution < -0.4 is 25.1 Å². The topological polar surface area (TPSA) is 125 Å². The number of nitrogens with zero attached hydrogens (tertiary/aromatic N) is 2. The van der Waals surface area contributed by atoms with Crippen molar-refractivity contribution < 1.29 is 28.3 Å². The van der Waals surface area contributed by atoms with Crippen LogP contribution in [-0.4, -0.2) is 41.3 Å². The Balaban J connectivity index is 1.22. The molecule has 2 heterocycles. The molecular weight excluding hydrogens is 416 g/mol. The zero-order valence-electron chi connectivity index (χ0n) is 17.4. The van der Waals surface area contributed by atoms with Crippen LogP contribution in [0.2, 0.25) is 0 Å². The minimum atomic E-state index is -0.863. The number of rotatable bonds is 7. The second-order valence-corrected chi connectivity index (χ2v) is 6.87. The molecule has 0 aliphatic carbocycles. The van der Waals surface area contributed by atoms with E-state index >= 15 is 0 Å². The van der Waals surface area contributed by atoms with E-state index in [9.17, 15) is 9.59 Å². The number of ether oxygens (including phenoxy) is 3. The van der Waals surface area contributed by atoms with E-state index in [2.05, 4.69) is 21.0 Å². The molecule has 166 valence electrons. The highest BCUT2D eigenvalue weighted by Crippen LogP contribution is 2.30. The van der Waals surface area contributed by atoms with Crippen molar-refractivity contribution >= 4 is 11.8 Å². The van der Waals surface area contributed by atoms with Gasteiger partial charge in [0.05, 0.1) is 6.61 Å². The van der Waals surface area contributed by atoms with Crippen LogP contribution in [0.1, 0.15) is 19.2 Å². The zero-order chi connectivity index (χ0) is 22.3. The molecule has 1 aliphatic rings. The van der Waals surface area contributed by atoms with Gasteiger partial charge in [0.25, 0.3) is 5.91 Å². The van der Waals surface area contributed by atoms with Crippen LogP contribution >= 0.6 is 0 Å². The molecule has 10 heteroatoms. The molecule has 3 aromatic rings. The molecule has 0 saturated carbocycles. The summed E-state index contributed by atoms with van der Waals surface area (Å²) in [4.78, 5) is 28.6. The number of hydrazine groups is 1. The first-order chi connectivity index (χ1) is 15.6. The van der Waals surface area contributed by atoms with Gasteiger partial charge in [0.2, 0.25) is 23.7 Å². The second-order valence-electron chi connectivity index (χ2n) is 6.87. The number of hydrogen-bond donors (Lipinski definition) is 2. The third kappa shape index (κ3) is 5.15. The van der Waals surface area contributed by atoms with Crippen LogP contribution in [0.3, 0.4) is 0 Å². The molecule has 1 unspecified atom stereocenters. The minimum Gasteiger partial charge on any atom is -0.494 e. The quantitative estimate of drug-likeness (QED) is 0.537. The van der Waals surface area contributed by atoms with Gasteiger partial charge in [-0.2, -0.15) is 4.98 Å². The fraction of sp³-hybridized carbons (Fsp3) is 0.273. The van der Waals surface area contributed by atoms with Crippen molar-refractivity contribution in [3.05, 3.63) is 54.4 Å². The fourth-order valence-electron chi connectivity index (χ4n) is 2.98. The maximum Gasteiger partial charge on any atom is 0.283 e. The number of aromatic nitrogens is 2. The Morgan fingerprint density at radius 3 is 2.66 bits per heavy atom. The molecule has 2 N–H and O–H groups in total. The number of carbonyl (C=O) groups is 2. The maximum atomic E-state index is 12.2. The molecular formula is C22H22N4O6. The predicted molar refractivity (Wildman–Crippen MR) is 112 cm³/mol. The van der Waals surface area contributed by atoms with Gasteiger partial charge in [0, 0.05) is 18.4 Å². The first-order valence-electron chi connectivity index (χ1n) is 10.2. The first-order valence-corrected chi connectivity index (χ1v) is 10.2. The molecule has 10 nitrogen and oxygen atoms in total. The summed E-state index contributed by atoms with van der Waals surface area (Å²) in [5, 5.41) is 3.94. The third-order valence-corrected chi connectivity index (χ3v) is 4.58. The van der Waals surface area contributed by atoms with E-state index in [0.717, 1.165) is 11.3 Å². The van der Waals surface area contributed by atoms with Crippen molar-refractivity contribution in [3.8, 4) is 28.6 Å². The van der Waals surface area contributed by atoms with Gasteiger partial charge in [-0.05, 0) is 43.3 Å². The smallest absolute Gasteiger partial charge is 0.283 e. The number of nitrogens with one attached hydrogen (secondary N) is 2. The number of aryl methyl sites for hydroxylation is 1. The lowest BCUT2D eigenvalue weighted by Gasteiger charge is -2.25. The summed E-state index contributed by atoms with van der Waals surface area (Å²) >= 11 is 0. The minimum absolute atomic E-state index is 0.0506. The number of amides is 2. The summed E-state index contributed by atoms with van der Waals surface area (Å²) in [7, 11) is 0. The van der Waals surface area contributed by atoms with Crippen molar-refractivity contribution in [1.82, 2.24) is 21.0 Å². The number of fused-ring (bicyclic) bond motifs is 1. The summed E-state index contributed by atoms with van der Waals surface area (Å²) in [5.41, 5.74) is 5.47. The molecule has 1 aliphatic heterocycles. The number of para-hydroxylation sites is 2. The lowest BCUT2D eigenvalue weighted by Crippen LogP contribution is -2.50. The molecule has 0 fully saturated rings. The molecule has 0 radical (unpaired) electrons. The van der Waals surface area contributed by atoms with Gasteiger partial charge in [-0.1, -0.05) is 17.3 Å². The van der Waals surface area contributed by atoms with Gasteiger partial charge in [-0.15, -0.1) is 0 Å². The summed E-state index contributed by atoms with van der Waals surface area (Å²) in [5.74, 6) is 1.63. The Bertz CT molecular complexity index is 1080. The molecule has 2 aromatic carbocycles. The molecule has 1 atom stereocenters. The number of benzene rings is 2. The first kappa shape index (κ1) is 21.2. The van der Waals surface area contributed by atoms with Gasteiger partial charge >= 0.3 is 0 Å². The van der Waals surface area contributed by atoms with E-state index in [1.807, 2.05) is 37.3 Å². The molecule has 0 saturated heterocycles. The lowest BCUT2D eigenvalue weighted by molar-refractivity contribution is -0.135. The van der Waals surface area contributed by atoms with Crippen molar-refractivity contribution in [2.45, 2.75) is 25.9 Å². The van der Waals surface area contributed by atoms with Crippen molar-refractivity contribution in [2.24, 2.45) is 0 Å². The summed E-state index contributed by atoms with van der Waals surface area (Å²) < 4.78 is 21.7. The highest BCUT2D eigenvalue weighted by Gasteiger charge is 2.27. The Morgan fingerprint density at radius 2 is 1.88 bits per heavy atom. The van der Waals surface area contributed by atoms with E-state index in [0.29, 0.717) is 29.8 Å². The van der Waals surface area contributed by atoms with E-state index in [1.54, 1.807) is 18.2 Å². The molecule has 32 heavy (non-hydrogen) atoms. The summed E-state index contributed by atoms with van der Waals surface area (Å²) in [6, 6.07) is 14.4. The predicted octanol–water partition coefficient (Wildman–Crippen LogP) is 2.06. The Hall–Kier alpha value is -4.08. The van der Waals surface area contributed by atoms with Crippen molar-refractivity contribution in [3.63, 3.8) is 0 Å². The molecule has 2 amide bonds. The summed E-state index contributed by atoms with van der Waals surface area (Å²) in [6.45, 7) is 2.55. The highest BCUT2D eigenvalue weighted by atomic mass is 16.6. The van der Waals surface area contributed by atoms with Crippen molar-refractivity contribution in [2.75, 3.05) is 13.2 Å². The SMILES string of the molecule is CCOc1ccc(-c2noc(CCC(=O)NNC(=O)C3COc4ccccc4O3)n2)cc1. The standard InChI is InChI=1S/C22H22N4O6/c1-2-29-15-9-7-14(8-10-15)21-23-20(32-26-21)12-11-19(27)24-25-22(28)18-13-30-16-5-3-4-6-17(16)31-18/h3-10,18H,2,11-13H2,1H3,(H,24,27)(H,25,28). The Morgan fingerprint density at radius 1 is 1.09 bits per heavy atom. The zero-order valence-corrected chi connectivity index (χ0v) is 17.4. The Kier molecular flexibility index (Phi) is 6.49. The Labute approximate surface area is 183 Å². The average Bonchev–Trinajstić information content (AvgIpc) is 3.30. The number of carbonyl (C=O) groups excluding carboxylic acids is 2. The van der Waals surface area contributed by atoms with E-state index in [1.165, 1.54) is 0 Å². The largest absolute Gasteiger partial charge is 0.494 e. The van der Waals surface area contributed by atoms with Gasteiger partial charge in [-0.3, -0.25) is 20.4 Å². The van der Waals surface area contributed by atoms with E-state index < -0.39 is 17.9 Å². The molecule has 0 bridgehead atoms. The van der Waals surface area contributed by atoms with Gasteiger partial charge < -0.3 is 18.7 Å². The molecule has 1 aromatic heterocycles. The van der Waals surface area contributed by atoms with Gasteiger partial charge in [0.1, 0.15) is 12.4 Å². The number of hydrogen-bond acceptors (Lipinski definition) is 8. The van der Waals surface area contributed by atoms with Crippen LogP contribution in [0.15, 0.2) is 53.1 Å². The highest BCUT2D eigenvalue weighted by molar-refractivity contribution is 5.85. The normalized spacial score (nSPS) is 14.5. The van der Waals surface area contributed by atoms with Gasteiger partial charge in [0.15, 0.2) is 11.5 Å². The van der Waals surface area contributed by atoms with E-state index in [4.69, 9.17) is 18.7 Å². The third-order valence-electron chi connectivity index (χ3n) is 4.58. The molecule has 4 rings (SSSR count). The van der Waals surface area contributed by atoms with Crippen molar-refractivity contribution in [1.29, 1.82) is 0 Å². The second kappa shape index (κ2) is 9.82. The van der Waals surface area contributed by atoms with Gasteiger partial charge in [-0.25, -0.2) is 0 Å². The van der Waals surface area contributed by atoms with Crippen LogP contribution in [0, 0.1) is 0 Å².